The van der Waals surface area contributed by atoms with Gasteiger partial charge in [-0.2, -0.15) is 0 Å². The Bertz CT molecular complexity index is 1040. The first kappa shape index (κ1) is 18.2. The summed E-state index contributed by atoms with van der Waals surface area (Å²) in [7, 11) is 0. The fraction of sp³-hybridized carbons (Fsp3) is 0.316. The second-order valence-corrected chi connectivity index (χ2v) is 8.32. The topological polar surface area (TPSA) is 64.0 Å². The van der Waals surface area contributed by atoms with Crippen LogP contribution in [0.3, 0.4) is 0 Å². The zero-order chi connectivity index (χ0) is 18.8. The number of benzene rings is 1. The van der Waals surface area contributed by atoms with Gasteiger partial charge in [-0.05, 0) is 36.4 Å². The van der Waals surface area contributed by atoms with Crippen LogP contribution in [0.15, 0.2) is 45.7 Å². The van der Waals surface area contributed by atoms with E-state index in [1.807, 2.05) is 0 Å². The highest BCUT2D eigenvalue weighted by Gasteiger charge is 2.20. The maximum atomic E-state index is 14.4. The van der Waals surface area contributed by atoms with Crippen LogP contribution in [0.2, 0.25) is 0 Å². The predicted octanol–water partition coefficient (Wildman–Crippen LogP) is 3.74. The Balaban J connectivity index is 1.66. The summed E-state index contributed by atoms with van der Waals surface area (Å²) in [5.41, 5.74) is 0.388. The number of nitrogens with one attached hydrogen (secondary N) is 1. The molecule has 8 heteroatoms. The molecule has 1 fully saturated rings. The van der Waals surface area contributed by atoms with Crippen molar-refractivity contribution in [2.24, 2.45) is 0 Å². The molecule has 1 aromatic carbocycles. The lowest BCUT2D eigenvalue weighted by Crippen LogP contribution is -2.34. The first-order valence-electron chi connectivity index (χ1n) is 8.81. The molecule has 4 rings (SSSR count). The van der Waals surface area contributed by atoms with Crippen molar-refractivity contribution in [3.8, 4) is 5.69 Å². The smallest absolute Gasteiger partial charge is 0.276 e. The van der Waals surface area contributed by atoms with Gasteiger partial charge in [0.25, 0.3) is 5.56 Å². The Morgan fingerprint density at radius 2 is 2.07 bits per heavy atom. The molecule has 1 saturated carbocycles. The first-order chi connectivity index (χ1) is 13.1. The number of thioether (sulfide) groups is 1. The van der Waals surface area contributed by atoms with Crippen LogP contribution in [0, 0.1) is 5.82 Å². The lowest BCUT2D eigenvalue weighted by molar-refractivity contribution is -0.119. The van der Waals surface area contributed by atoms with Gasteiger partial charge in [0, 0.05) is 6.04 Å². The van der Waals surface area contributed by atoms with Gasteiger partial charge in [-0.15, -0.1) is 11.3 Å². The number of rotatable bonds is 5. The molecule has 1 aliphatic rings. The molecule has 5 nitrogen and oxygen atoms in total. The van der Waals surface area contributed by atoms with Crippen molar-refractivity contribution in [2.45, 2.75) is 36.9 Å². The monoisotopic (exact) mass is 403 g/mol. The van der Waals surface area contributed by atoms with Crippen molar-refractivity contribution in [3.05, 3.63) is 51.9 Å². The molecule has 0 bridgehead atoms. The minimum absolute atomic E-state index is 0.0911. The van der Waals surface area contributed by atoms with Crippen molar-refractivity contribution in [1.29, 1.82) is 0 Å². The molecule has 140 valence electrons. The highest BCUT2D eigenvalue weighted by Crippen LogP contribution is 2.25. The van der Waals surface area contributed by atoms with E-state index in [0.29, 0.717) is 15.4 Å². The number of halogens is 1. The molecule has 1 amide bonds. The predicted molar refractivity (Wildman–Crippen MR) is 106 cm³/mol. The average molecular weight is 404 g/mol. The summed E-state index contributed by atoms with van der Waals surface area (Å²) in [6.45, 7) is 0. The second kappa shape index (κ2) is 7.82. The third kappa shape index (κ3) is 3.77. The van der Waals surface area contributed by atoms with E-state index in [9.17, 15) is 14.0 Å². The molecule has 1 aliphatic carbocycles. The van der Waals surface area contributed by atoms with Crippen molar-refractivity contribution >= 4 is 39.2 Å². The minimum atomic E-state index is -0.505. The van der Waals surface area contributed by atoms with Crippen molar-refractivity contribution in [1.82, 2.24) is 14.9 Å². The Morgan fingerprint density at radius 3 is 2.85 bits per heavy atom. The van der Waals surface area contributed by atoms with Crippen LogP contribution in [0.4, 0.5) is 4.39 Å². The normalized spacial score (nSPS) is 14.7. The molecule has 0 saturated heterocycles. The number of aromatic nitrogens is 2. The zero-order valence-corrected chi connectivity index (χ0v) is 16.1. The molecule has 0 unspecified atom stereocenters. The molecule has 2 aromatic heterocycles. The van der Waals surface area contributed by atoms with E-state index in [-0.39, 0.29) is 28.9 Å². The largest absolute Gasteiger partial charge is 0.353 e. The fourth-order valence-electron chi connectivity index (χ4n) is 3.30. The summed E-state index contributed by atoms with van der Waals surface area (Å²) in [4.78, 5) is 29.7. The molecule has 2 heterocycles. The number of fused-ring (bicyclic) bond motifs is 1. The summed E-state index contributed by atoms with van der Waals surface area (Å²) in [5.74, 6) is -0.464. The van der Waals surface area contributed by atoms with Gasteiger partial charge in [-0.1, -0.05) is 36.7 Å². The summed E-state index contributed by atoms with van der Waals surface area (Å²) < 4.78 is 16.1. The Kier molecular flexibility index (Phi) is 5.27. The number of thiophene rings is 1. The van der Waals surface area contributed by atoms with E-state index >= 15 is 0 Å². The standard InChI is InChI=1S/C19H18FN3O2S2/c20-13-7-3-4-8-15(13)23-18(25)17-14(9-10-26-17)22-19(23)27-11-16(24)21-12-5-1-2-6-12/h3-4,7-10,12H,1-2,5-6,11H2,(H,21,24). The molecule has 0 radical (unpaired) electrons. The van der Waals surface area contributed by atoms with Gasteiger partial charge in [0.15, 0.2) is 5.16 Å². The third-order valence-electron chi connectivity index (χ3n) is 4.60. The van der Waals surface area contributed by atoms with Crippen molar-refractivity contribution in [3.63, 3.8) is 0 Å². The first-order valence-corrected chi connectivity index (χ1v) is 10.7. The molecule has 0 spiro atoms. The van der Waals surface area contributed by atoms with Crippen LogP contribution in [-0.4, -0.2) is 27.3 Å². The highest BCUT2D eigenvalue weighted by molar-refractivity contribution is 7.99. The van der Waals surface area contributed by atoms with Gasteiger partial charge < -0.3 is 5.32 Å². The lowest BCUT2D eigenvalue weighted by Gasteiger charge is -2.14. The summed E-state index contributed by atoms with van der Waals surface area (Å²) in [6.07, 6.45) is 4.30. The quantitative estimate of drug-likeness (QED) is 0.521. The van der Waals surface area contributed by atoms with Crippen molar-refractivity contribution in [2.75, 3.05) is 5.75 Å². The van der Waals surface area contributed by atoms with Crippen LogP contribution >= 0.6 is 23.1 Å². The van der Waals surface area contributed by atoms with Crippen LogP contribution < -0.4 is 10.9 Å². The van der Waals surface area contributed by atoms with E-state index < -0.39 is 5.82 Å². The van der Waals surface area contributed by atoms with Crippen molar-refractivity contribution < 1.29 is 9.18 Å². The maximum Gasteiger partial charge on any atom is 0.276 e. The third-order valence-corrected chi connectivity index (χ3v) is 6.43. The van der Waals surface area contributed by atoms with E-state index in [1.54, 1.807) is 29.6 Å². The van der Waals surface area contributed by atoms with Gasteiger partial charge in [0.1, 0.15) is 10.5 Å². The molecular formula is C19H18FN3O2S2. The Labute approximate surface area is 163 Å². The van der Waals surface area contributed by atoms with Gasteiger partial charge in [0.2, 0.25) is 5.91 Å². The SMILES string of the molecule is O=C(CSc1nc2ccsc2c(=O)n1-c1ccccc1F)NC1CCCC1. The number of amides is 1. The zero-order valence-electron chi connectivity index (χ0n) is 14.5. The van der Waals surface area contributed by atoms with E-state index in [2.05, 4.69) is 10.3 Å². The summed E-state index contributed by atoms with van der Waals surface area (Å²) >= 11 is 2.43. The molecule has 3 aromatic rings. The van der Waals surface area contributed by atoms with Crippen LogP contribution in [-0.2, 0) is 4.79 Å². The second-order valence-electron chi connectivity index (χ2n) is 6.46. The lowest BCUT2D eigenvalue weighted by atomic mass is 10.2. The van der Waals surface area contributed by atoms with E-state index in [0.717, 1.165) is 37.4 Å². The van der Waals surface area contributed by atoms with E-state index in [1.165, 1.54) is 22.0 Å². The number of hydrogen-bond acceptors (Lipinski definition) is 5. The van der Waals surface area contributed by atoms with Gasteiger partial charge >= 0.3 is 0 Å². The number of carbonyl (C=O) groups is 1. The van der Waals surface area contributed by atoms with Crippen LogP contribution in [0.1, 0.15) is 25.7 Å². The molecule has 0 atom stereocenters. The summed E-state index contributed by atoms with van der Waals surface area (Å²) in [5, 5.41) is 5.12. The van der Waals surface area contributed by atoms with Gasteiger partial charge in [0.05, 0.1) is 17.0 Å². The summed E-state index contributed by atoms with van der Waals surface area (Å²) in [6, 6.07) is 8.09. The number of hydrogen-bond donors (Lipinski definition) is 1. The molecule has 0 aliphatic heterocycles. The van der Waals surface area contributed by atoms with Gasteiger partial charge in [-0.3, -0.25) is 14.2 Å². The Hall–Kier alpha value is -2.19. The average Bonchev–Trinajstić information content (AvgIpc) is 3.33. The number of carbonyl (C=O) groups excluding carboxylic acids is 1. The molecular weight excluding hydrogens is 385 g/mol. The highest BCUT2D eigenvalue weighted by atomic mass is 32.2. The minimum Gasteiger partial charge on any atom is -0.353 e. The number of para-hydroxylation sites is 1. The molecule has 27 heavy (non-hydrogen) atoms. The number of nitrogens with zero attached hydrogens (tertiary/aromatic N) is 2. The van der Waals surface area contributed by atoms with E-state index in [4.69, 9.17) is 0 Å². The fourth-order valence-corrected chi connectivity index (χ4v) is 4.88. The maximum absolute atomic E-state index is 14.4. The van der Waals surface area contributed by atoms with Crippen LogP contribution in [0.5, 0.6) is 0 Å². The Morgan fingerprint density at radius 1 is 1.30 bits per heavy atom. The molecule has 1 N–H and O–H groups in total. The van der Waals surface area contributed by atoms with Crippen LogP contribution in [0.25, 0.3) is 15.9 Å². The van der Waals surface area contributed by atoms with Gasteiger partial charge in [-0.25, -0.2) is 9.37 Å².